The average Bonchev–Trinajstić information content (AvgIpc) is 2.16. The van der Waals surface area contributed by atoms with Gasteiger partial charge in [-0.1, -0.05) is 12.1 Å². The summed E-state index contributed by atoms with van der Waals surface area (Å²) < 4.78 is 0. The number of carbonyl (C=O) groups excluding carboxylic acids is 2. The molecule has 1 rings (SSSR count). The van der Waals surface area contributed by atoms with E-state index in [1.54, 1.807) is 18.2 Å². The predicted molar refractivity (Wildman–Crippen MR) is 57.8 cm³/mol. The first-order valence-electron chi connectivity index (χ1n) is 4.53. The molecule has 0 unspecified atom stereocenters. The zero-order chi connectivity index (χ0) is 11.4. The summed E-state index contributed by atoms with van der Waals surface area (Å²) in [5.74, 6) is -0.305. The van der Waals surface area contributed by atoms with Gasteiger partial charge in [-0.15, -0.1) is 0 Å². The second kappa shape index (κ2) is 4.55. The van der Waals surface area contributed by atoms with Crippen molar-refractivity contribution in [1.82, 2.24) is 0 Å². The minimum absolute atomic E-state index is 0.0394. The second-order valence-electron chi connectivity index (χ2n) is 3.28. The summed E-state index contributed by atoms with van der Waals surface area (Å²) in [6.45, 7) is 2.83. The highest BCUT2D eigenvalue weighted by atomic mass is 16.3. The first-order valence-corrected chi connectivity index (χ1v) is 4.53. The van der Waals surface area contributed by atoms with Crippen molar-refractivity contribution in [2.24, 2.45) is 0 Å². The van der Waals surface area contributed by atoms with Gasteiger partial charge in [0.05, 0.1) is 5.56 Å². The van der Waals surface area contributed by atoms with Crippen LogP contribution in [0.2, 0.25) is 0 Å². The molecule has 0 radical (unpaired) electrons. The lowest BCUT2D eigenvalue weighted by Gasteiger charge is -2.01. The van der Waals surface area contributed by atoms with Crippen molar-refractivity contribution < 1.29 is 14.7 Å². The Labute approximate surface area is 88.0 Å². The number of ketones is 2. The number of Topliss-reactive ketones (excluding diaryl/α,β-unsaturated/α-hetero) is 1. The lowest BCUT2D eigenvalue weighted by molar-refractivity contribution is -0.112. The number of hydrogen-bond donors (Lipinski definition) is 1. The van der Waals surface area contributed by atoms with Gasteiger partial charge in [0.25, 0.3) is 0 Å². The monoisotopic (exact) mass is 204 g/mol. The van der Waals surface area contributed by atoms with Crippen molar-refractivity contribution in [3.05, 3.63) is 35.4 Å². The van der Waals surface area contributed by atoms with Gasteiger partial charge in [0.15, 0.2) is 11.6 Å². The Morgan fingerprint density at radius 1 is 1.27 bits per heavy atom. The lowest BCUT2D eigenvalue weighted by Crippen LogP contribution is -1.93. The first kappa shape index (κ1) is 11.2. The molecule has 0 aliphatic carbocycles. The molecule has 0 aromatic heterocycles. The van der Waals surface area contributed by atoms with Gasteiger partial charge in [-0.2, -0.15) is 0 Å². The Balaban J connectivity index is 3.08. The van der Waals surface area contributed by atoms with Crippen molar-refractivity contribution in [3.63, 3.8) is 0 Å². The summed E-state index contributed by atoms with van der Waals surface area (Å²) in [5, 5.41) is 9.37. The van der Waals surface area contributed by atoms with Crippen LogP contribution in [-0.2, 0) is 4.79 Å². The van der Waals surface area contributed by atoms with E-state index in [0.717, 1.165) is 0 Å². The fourth-order valence-electron chi connectivity index (χ4n) is 1.15. The highest BCUT2D eigenvalue weighted by molar-refractivity contribution is 5.97. The Kier molecular flexibility index (Phi) is 3.39. The van der Waals surface area contributed by atoms with Gasteiger partial charge < -0.3 is 5.11 Å². The number of hydrogen-bond acceptors (Lipinski definition) is 3. The van der Waals surface area contributed by atoms with Gasteiger partial charge in [0.1, 0.15) is 5.75 Å². The zero-order valence-electron chi connectivity index (χ0n) is 8.65. The third-order valence-electron chi connectivity index (χ3n) is 1.91. The standard InChI is InChI=1S/C12H12O3/c1-8(13)3-4-10-5-6-12(15)11(7-10)9(2)14/h3-7,15H,1-2H3/b4-3+. The molecule has 0 spiro atoms. The maximum atomic E-state index is 11.1. The molecule has 0 aliphatic heterocycles. The minimum atomic E-state index is -0.203. The Morgan fingerprint density at radius 3 is 2.47 bits per heavy atom. The van der Waals surface area contributed by atoms with Crippen molar-refractivity contribution in [3.8, 4) is 5.75 Å². The Morgan fingerprint density at radius 2 is 1.93 bits per heavy atom. The molecule has 0 aliphatic rings. The zero-order valence-corrected chi connectivity index (χ0v) is 8.65. The van der Waals surface area contributed by atoms with Crippen LogP contribution < -0.4 is 0 Å². The van der Waals surface area contributed by atoms with Gasteiger partial charge in [-0.05, 0) is 37.6 Å². The SMILES string of the molecule is CC(=O)/C=C/c1ccc(O)c(C(C)=O)c1. The minimum Gasteiger partial charge on any atom is -0.507 e. The third kappa shape index (κ3) is 3.06. The molecule has 1 aromatic rings. The number of aromatic hydroxyl groups is 1. The quantitative estimate of drug-likeness (QED) is 0.606. The maximum absolute atomic E-state index is 11.1. The summed E-state index contributed by atoms with van der Waals surface area (Å²) in [5.41, 5.74) is 0.980. The number of rotatable bonds is 3. The molecule has 0 fully saturated rings. The first-order chi connectivity index (χ1) is 7.00. The topological polar surface area (TPSA) is 54.4 Å². The molecular weight excluding hydrogens is 192 g/mol. The van der Waals surface area contributed by atoms with E-state index < -0.39 is 0 Å². The highest BCUT2D eigenvalue weighted by Gasteiger charge is 2.05. The lowest BCUT2D eigenvalue weighted by atomic mass is 10.1. The number of phenols is 1. The highest BCUT2D eigenvalue weighted by Crippen LogP contribution is 2.19. The summed E-state index contributed by atoms with van der Waals surface area (Å²) >= 11 is 0. The van der Waals surface area contributed by atoms with Crippen LogP contribution in [0.4, 0.5) is 0 Å². The van der Waals surface area contributed by atoms with Crippen LogP contribution in [0.25, 0.3) is 6.08 Å². The molecule has 78 valence electrons. The van der Waals surface area contributed by atoms with E-state index in [-0.39, 0.29) is 22.9 Å². The molecule has 0 bridgehead atoms. The Bertz CT molecular complexity index is 430. The smallest absolute Gasteiger partial charge is 0.163 e. The van der Waals surface area contributed by atoms with Crippen LogP contribution in [0.1, 0.15) is 29.8 Å². The number of phenolic OH excluding ortho intramolecular Hbond substituents is 1. The molecule has 1 N–H and O–H groups in total. The van der Waals surface area contributed by atoms with Crippen LogP contribution in [-0.4, -0.2) is 16.7 Å². The number of allylic oxidation sites excluding steroid dienone is 1. The molecule has 0 heterocycles. The normalized spacial score (nSPS) is 10.5. The van der Waals surface area contributed by atoms with Crippen molar-refractivity contribution in [2.45, 2.75) is 13.8 Å². The van der Waals surface area contributed by atoms with Gasteiger partial charge in [-0.25, -0.2) is 0 Å². The largest absolute Gasteiger partial charge is 0.507 e. The van der Waals surface area contributed by atoms with Crippen molar-refractivity contribution in [1.29, 1.82) is 0 Å². The molecule has 0 atom stereocenters. The van der Waals surface area contributed by atoms with Crippen LogP contribution in [0, 0.1) is 0 Å². The fraction of sp³-hybridized carbons (Fsp3) is 0.167. The van der Waals surface area contributed by atoms with Crippen molar-refractivity contribution in [2.75, 3.05) is 0 Å². The molecule has 0 saturated carbocycles. The molecule has 1 aromatic carbocycles. The van der Waals surface area contributed by atoms with E-state index in [1.807, 2.05) is 0 Å². The summed E-state index contributed by atoms with van der Waals surface area (Å²) in [6, 6.07) is 4.63. The predicted octanol–water partition coefficient (Wildman–Crippen LogP) is 2.20. The summed E-state index contributed by atoms with van der Waals surface area (Å²) in [6.07, 6.45) is 3.02. The van der Waals surface area contributed by atoms with E-state index in [0.29, 0.717) is 5.56 Å². The van der Waals surface area contributed by atoms with E-state index in [9.17, 15) is 14.7 Å². The van der Waals surface area contributed by atoms with Crippen LogP contribution >= 0.6 is 0 Å². The van der Waals surface area contributed by atoms with Gasteiger partial charge in [0, 0.05) is 0 Å². The van der Waals surface area contributed by atoms with E-state index in [4.69, 9.17) is 0 Å². The molecule has 15 heavy (non-hydrogen) atoms. The van der Waals surface area contributed by atoms with E-state index in [2.05, 4.69) is 0 Å². The Hall–Kier alpha value is -1.90. The number of carbonyl (C=O) groups is 2. The summed E-state index contributed by atoms with van der Waals surface area (Å²) in [7, 11) is 0. The van der Waals surface area contributed by atoms with Crippen molar-refractivity contribution >= 4 is 17.6 Å². The van der Waals surface area contributed by atoms with Crippen LogP contribution in [0.3, 0.4) is 0 Å². The maximum Gasteiger partial charge on any atom is 0.163 e. The van der Waals surface area contributed by atoms with Gasteiger partial charge >= 0.3 is 0 Å². The molecule has 0 saturated heterocycles. The second-order valence-corrected chi connectivity index (χ2v) is 3.28. The third-order valence-corrected chi connectivity index (χ3v) is 1.91. The van der Waals surface area contributed by atoms with Crippen LogP contribution in [0.5, 0.6) is 5.75 Å². The molecule has 3 heteroatoms. The van der Waals surface area contributed by atoms with Gasteiger partial charge in [0.2, 0.25) is 0 Å². The van der Waals surface area contributed by atoms with E-state index in [1.165, 1.54) is 26.0 Å². The molecule has 3 nitrogen and oxygen atoms in total. The van der Waals surface area contributed by atoms with E-state index >= 15 is 0 Å². The van der Waals surface area contributed by atoms with Crippen LogP contribution in [0.15, 0.2) is 24.3 Å². The number of benzene rings is 1. The average molecular weight is 204 g/mol. The summed E-state index contributed by atoms with van der Waals surface area (Å²) in [4.78, 5) is 21.8. The molecular formula is C12H12O3. The van der Waals surface area contributed by atoms with Gasteiger partial charge in [-0.3, -0.25) is 9.59 Å². The molecule has 0 amide bonds. The fourth-order valence-corrected chi connectivity index (χ4v) is 1.15.